The summed E-state index contributed by atoms with van der Waals surface area (Å²) in [4.78, 5) is 32.6. The maximum absolute atomic E-state index is 14.0. The van der Waals surface area contributed by atoms with E-state index < -0.39 is 23.8 Å². The molecule has 8 heteroatoms. The highest BCUT2D eigenvalue weighted by Gasteiger charge is 2.45. The minimum atomic E-state index is -0.827. The van der Waals surface area contributed by atoms with Gasteiger partial charge >= 0.3 is 11.9 Å². The normalized spacial score (nSPS) is 16.4. The van der Waals surface area contributed by atoms with Crippen molar-refractivity contribution < 1.29 is 28.5 Å². The summed E-state index contributed by atoms with van der Waals surface area (Å²) in [7, 11) is 0. The third-order valence-electron chi connectivity index (χ3n) is 8.70. The average molecular weight is 671 g/mol. The second-order valence-electron chi connectivity index (χ2n) is 13.6. The molecule has 8 nitrogen and oxygen atoms in total. The fourth-order valence-electron chi connectivity index (χ4n) is 6.51. The summed E-state index contributed by atoms with van der Waals surface area (Å²) in [6, 6.07) is 6.02. The van der Waals surface area contributed by atoms with Crippen LogP contribution in [-0.2, 0) is 30.2 Å². The number of unbranched alkanes of at least 4 members (excludes halogenated alkanes) is 12. The van der Waals surface area contributed by atoms with Crippen molar-refractivity contribution in [3.8, 4) is 5.75 Å². The first-order valence-corrected chi connectivity index (χ1v) is 18.9. The van der Waals surface area contributed by atoms with Gasteiger partial charge in [0.1, 0.15) is 11.7 Å². The number of aliphatic imine (C=N–C) groups is 1. The van der Waals surface area contributed by atoms with Crippen LogP contribution >= 0.6 is 0 Å². The molecule has 0 fully saturated rings. The predicted octanol–water partition coefficient (Wildman–Crippen LogP) is 9.03. The summed E-state index contributed by atoms with van der Waals surface area (Å²) in [5.74, 6) is -1.82. The fraction of sp³-hybridized carbons (Fsp3) is 0.725. The molecular weight excluding hydrogens is 604 g/mol. The highest BCUT2D eigenvalue weighted by Crippen LogP contribution is 2.46. The zero-order chi connectivity index (χ0) is 35.3. The number of ether oxygens (including phenoxy) is 4. The third kappa shape index (κ3) is 14.0. The van der Waals surface area contributed by atoms with Gasteiger partial charge < -0.3 is 24.7 Å². The van der Waals surface area contributed by atoms with Crippen molar-refractivity contribution in [3.63, 3.8) is 0 Å². The van der Waals surface area contributed by atoms with Crippen LogP contribution in [0.2, 0.25) is 0 Å². The van der Waals surface area contributed by atoms with Crippen LogP contribution in [0.25, 0.3) is 0 Å². The SMILES string of the molecule is CCCCCCCCCCCCCCCc1cccc(OCC)c1C1C(C(=O)OC(C)C)=C(COCCN)N=C(C)C1C(=O)OC(C)C. The molecule has 0 aromatic heterocycles. The van der Waals surface area contributed by atoms with Crippen LogP contribution < -0.4 is 10.5 Å². The number of nitrogens with two attached hydrogens (primary N) is 1. The Morgan fingerprint density at radius 2 is 1.42 bits per heavy atom. The van der Waals surface area contributed by atoms with Gasteiger partial charge in [-0.3, -0.25) is 9.79 Å². The second kappa shape index (κ2) is 23.6. The number of nitrogens with zero attached hydrogens (tertiary/aromatic N) is 1. The topological polar surface area (TPSA) is 109 Å². The van der Waals surface area contributed by atoms with Crippen LogP contribution in [0.3, 0.4) is 0 Å². The van der Waals surface area contributed by atoms with Crippen molar-refractivity contribution in [2.75, 3.05) is 26.4 Å². The van der Waals surface area contributed by atoms with Crippen molar-refractivity contribution in [3.05, 3.63) is 40.6 Å². The smallest absolute Gasteiger partial charge is 0.336 e. The summed E-state index contributed by atoms with van der Waals surface area (Å²) < 4.78 is 23.6. The van der Waals surface area contributed by atoms with E-state index in [2.05, 4.69) is 13.0 Å². The molecule has 48 heavy (non-hydrogen) atoms. The molecule has 1 aliphatic heterocycles. The number of carbonyl (C=O) groups is 2. The summed E-state index contributed by atoms with van der Waals surface area (Å²) in [6.07, 6.45) is 16.8. The van der Waals surface area contributed by atoms with Crippen molar-refractivity contribution >= 4 is 17.7 Å². The first-order chi connectivity index (χ1) is 23.2. The molecule has 272 valence electrons. The number of hydrogen-bond donors (Lipinski definition) is 1. The molecule has 0 saturated heterocycles. The van der Waals surface area contributed by atoms with Crippen molar-refractivity contribution in [2.24, 2.45) is 16.6 Å². The molecule has 0 aliphatic carbocycles. The summed E-state index contributed by atoms with van der Waals surface area (Å²) >= 11 is 0. The number of aryl methyl sites for hydroxylation is 1. The van der Waals surface area contributed by atoms with Crippen LogP contribution in [0.4, 0.5) is 0 Å². The van der Waals surface area contributed by atoms with Crippen LogP contribution in [-0.4, -0.2) is 56.2 Å². The highest BCUT2D eigenvalue weighted by atomic mass is 16.5. The van der Waals surface area contributed by atoms with Gasteiger partial charge in [0.05, 0.1) is 43.3 Å². The lowest BCUT2D eigenvalue weighted by molar-refractivity contribution is -0.150. The number of hydrogen-bond acceptors (Lipinski definition) is 8. The Labute approximate surface area is 291 Å². The summed E-state index contributed by atoms with van der Waals surface area (Å²) in [5, 5.41) is 0. The summed E-state index contributed by atoms with van der Waals surface area (Å²) in [5.41, 5.74) is 8.92. The molecule has 1 heterocycles. The van der Waals surface area contributed by atoms with Crippen molar-refractivity contribution in [1.82, 2.24) is 0 Å². The predicted molar refractivity (Wildman–Crippen MR) is 196 cm³/mol. The van der Waals surface area contributed by atoms with E-state index in [1.165, 1.54) is 70.6 Å². The van der Waals surface area contributed by atoms with Gasteiger partial charge in [0.25, 0.3) is 0 Å². The van der Waals surface area contributed by atoms with Gasteiger partial charge in [-0.25, -0.2) is 4.79 Å². The molecule has 2 rings (SSSR count). The van der Waals surface area contributed by atoms with E-state index in [0.29, 0.717) is 42.5 Å². The Bertz CT molecular complexity index is 1160. The van der Waals surface area contributed by atoms with Gasteiger partial charge in [0.15, 0.2) is 0 Å². The average Bonchev–Trinajstić information content (AvgIpc) is 3.02. The van der Waals surface area contributed by atoms with Gasteiger partial charge in [-0.1, -0.05) is 96.1 Å². The number of rotatable bonds is 25. The summed E-state index contributed by atoms with van der Waals surface area (Å²) in [6.45, 7) is 14.5. The Balaban J connectivity index is 2.37. The molecule has 0 saturated carbocycles. The van der Waals surface area contributed by atoms with Crippen LogP contribution in [0, 0.1) is 5.92 Å². The highest BCUT2D eigenvalue weighted by molar-refractivity contribution is 6.07. The lowest BCUT2D eigenvalue weighted by atomic mass is 9.73. The monoisotopic (exact) mass is 670 g/mol. The van der Waals surface area contributed by atoms with Gasteiger partial charge in [0.2, 0.25) is 0 Å². The molecule has 2 atom stereocenters. The van der Waals surface area contributed by atoms with E-state index in [0.717, 1.165) is 30.4 Å². The lowest BCUT2D eigenvalue weighted by Crippen LogP contribution is -2.39. The Kier molecular flexibility index (Phi) is 20.4. The van der Waals surface area contributed by atoms with E-state index >= 15 is 0 Å². The molecule has 0 bridgehead atoms. The number of esters is 2. The first-order valence-electron chi connectivity index (χ1n) is 18.9. The second-order valence-corrected chi connectivity index (χ2v) is 13.6. The molecule has 1 aromatic carbocycles. The molecule has 1 aliphatic rings. The van der Waals surface area contributed by atoms with Crippen LogP contribution in [0.1, 0.15) is 149 Å². The van der Waals surface area contributed by atoms with E-state index in [-0.39, 0.29) is 18.8 Å². The molecule has 0 spiro atoms. The first kappa shape index (κ1) is 41.5. The molecule has 1 aromatic rings. The number of benzene rings is 1. The quantitative estimate of drug-likeness (QED) is 0.0817. The van der Waals surface area contributed by atoms with E-state index in [9.17, 15) is 9.59 Å². The molecule has 0 amide bonds. The minimum absolute atomic E-state index is 0.0739. The maximum atomic E-state index is 14.0. The molecule has 2 unspecified atom stereocenters. The van der Waals surface area contributed by atoms with Gasteiger partial charge in [-0.05, 0) is 66.0 Å². The Morgan fingerprint density at radius 1 is 0.833 bits per heavy atom. The molecule has 0 radical (unpaired) electrons. The maximum Gasteiger partial charge on any atom is 0.336 e. The van der Waals surface area contributed by atoms with E-state index in [1.54, 1.807) is 0 Å². The Morgan fingerprint density at radius 3 is 1.96 bits per heavy atom. The van der Waals surface area contributed by atoms with Crippen molar-refractivity contribution in [1.29, 1.82) is 0 Å². The zero-order valence-corrected chi connectivity index (χ0v) is 31.2. The Hall–Kier alpha value is -2.71. The fourth-order valence-corrected chi connectivity index (χ4v) is 6.51. The van der Waals surface area contributed by atoms with E-state index in [4.69, 9.17) is 29.7 Å². The van der Waals surface area contributed by atoms with Crippen LogP contribution in [0.5, 0.6) is 5.75 Å². The standard InChI is InChI=1S/C40H66N2O6/c1-8-10-11-12-13-14-15-16-17-18-19-20-21-23-32-24-22-25-34(46-9-2)36(32)38-35(39(43)47-29(3)4)31(7)42-33(28-45-27-26-41)37(38)40(44)48-30(5)6/h22,24-25,29-30,35,38H,8-21,23,26-28,41H2,1-7H3. The van der Waals surface area contributed by atoms with Crippen LogP contribution in [0.15, 0.2) is 34.5 Å². The van der Waals surface area contributed by atoms with E-state index in [1.807, 2.05) is 53.7 Å². The third-order valence-corrected chi connectivity index (χ3v) is 8.70. The van der Waals surface area contributed by atoms with Gasteiger partial charge in [-0.15, -0.1) is 0 Å². The van der Waals surface area contributed by atoms with Crippen molar-refractivity contribution in [2.45, 2.75) is 156 Å². The largest absolute Gasteiger partial charge is 0.494 e. The van der Waals surface area contributed by atoms with Gasteiger partial charge in [-0.2, -0.15) is 0 Å². The molecule has 2 N–H and O–H groups in total. The zero-order valence-electron chi connectivity index (χ0n) is 31.2. The van der Waals surface area contributed by atoms with Gasteiger partial charge in [0, 0.05) is 23.7 Å². The minimum Gasteiger partial charge on any atom is -0.494 e. The molecular formula is C40H66N2O6. The number of carbonyl (C=O) groups excluding carboxylic acids is 2. The lowest BCUT2D eigenvalue weighted by Gasteiger charge is -2.35.